The van der Waals surface area contributed by atoms with Gasteiger partial charge < -0.3 is 14.4 Å². The molecule has 4 nitrogen and oxygen atoms in total. The molecule has 4 atom stereocenters. The molecule has 0 bridgehead atoms. The number of carbonyl (C=O) groups excluding carboxylic acids is 1. The minimum atomic E-state index is 0.0729. The van der Waals surface area contributed by atoms with Crippen LogP contribution in [-0.4, -0.2) is 30.7 Å². The zero-order valence-corrected chi connectivity index (χ0v) is 15.2. The van der Waals surface area contributed by atoms with Crippen LogP contribution in [0.2, 0.25) is 0 Å². The lowest BCUT2D eigenvalue weighted by Gasteiger charge is -2.43. The summed E-state index contributed by atoms with van der Waals surface area (Å²) >= 11 is 0. The molecule has 2 aliphatic heterocycles. The van der Waals surface area contributed by atoms with E-state index in [4.69, 9.17) is 9.47 Å². The molecule has 2 fully saturated rings. The minimum absolute atomic E-state index is 0.0729. The van der Waals surface area contributed by atoms with E-state index in [1.54, 1.807) is 0 Å². The lowest BCUT2D eigenvalue weighted by molar-refractivity contribution is -0.138. The van der Waals surface area contributed by atoms with E-state index in [0.29, 0.717) is 24.5 Å². The van der Waals surface area contributed by atoms with Gasteiger partial charge in [-0.1, -0.05) is 31.1 Å². The molecule has 1 amide bonds. The molecule has 0 spiro atoms. The van der Waals surface area contributed by atoms with Crippen molar-refractivity contribution < 1.29 is 14.3 Å². The fraction of sp³-hybridized carbons (Fsp3) is 0.591. The Hall–Kier alpha value is -1.97. The molecule has 0 aromatic heterocycles. The summed E-state index contributed by atoms with van der Waals surface area (Å²) in [5, 5.41) is 0. The molecule has 2 aliphatic carbocycles. The average Bonchev–Trinajstić information content (AvgIpc) is 3.37. The van der Waals surface area contributed by atoms with E-state index < -0.39 is 0 Å². The van der Waals surface area contributed by atoms with Crippen molar-refractivity contribution in [1.29, 1.82) is 0 Å². The lowest BCUT2D eigenvalue weighted by Crippen LogP contribution is -2.44. The Kier molecular flexibility index (Phi) is 4.14. The van der Waals surface area contributed by atoms with Crippen LogP contribution in [0.1, 0.15) is 50.0 Å². The summed E-state index contributed by atoms with van der Waals surface area (Å²) in [4.78, 5) is 15.6. The Labute approximate surface area is 155 Å². The fourth-order valence-corrected chi connectivity index (χ4v) is 5.45. The molecule has 5 rings (SSSR count). The number of rotatable bonds is 2. The highest BCUT2D eigenvalue weighted by molar-refractivity contribution is 5.81. The van der Waals surface area contributed by atoms with E-state index in [1.165, 1.54) is 31.2 Å². The van der Waals surface area contributed by atoms with Crippen LogP contribution in [0.5, 0.6) is 11.5 Å². The van der Waals surface area contributed by atoms with Crippen LogP contribution >= 0.6 is 0 Å². The maximum atomic E-state index is 13.5. The molecule has 0 N–H and O–H groups in total. The molecule has 0 radical (unpaired) electrons. The summed E-state index contributed by atoms with van der Waals surface area (Å²) in [6, 6.07) is 6.20. The van der Waals surface area contributed by atoms with Crippen molar-refractivity contribution in [1.82, 2.24) is 4.90 Å². The van der Waals surface area contributed by atoms with Gasteiger partial charge in [0.15, 0.2) is 11.5 Å². The van der Waals surface area contributed by atoms with E-state index in [-0.39, 0.29) is 11.8 Å². The number of hydrogen-bond acceptors (Lipinski definition) is 3. The Balaban J connectivity index is 1.51. The molecule has 26 heavy (non-hydrogen) atoms. The number of nitrogens with zero attached hydrogens (tertiary/aromatic N) is 1. The first-order valence-corrected chi connectivity index (χ1v) is 10.2. The third kappa shape index (κ3) is 2.70. The van der Waals surface area contributed by atoms with Crippen LogP contribution in [0.3, 0.4) is 0 Å². The van der Waals surface area contributed by atoms with Gasteiger partial charge in [0.05, 0.1) is 5.92 Å². The summed E-state index contributed by atoms with van der Waals surface area (Å²) in [5.74, 6) is 3.29. The zero-order valence-electron chi connectivity index (χ0n) is 15.2. The second kappa shape index (κ2) is 6.64. The highest BCUT2D eigenvalue weighted by atomic mass is 16.7. The van der Waals surface area contributed by atoms with Gasteiger partial charge in [0.25, 0.3) is 0 Å². The maximum Gasteiger partial charge on any atom is 0.231 e. The molecule has 4 heteroatoms. The molecule has 1 aromatic rings. The Morgan fingerprint density at radius 2 is 1.77 bits per heavy atom. The second-order valence-electron chi connectivity index (χ2n) is 8.19. The number of ether oxygens (including phenoxy) is 2. The van der Waals surface area contributed by atoms with Crippen molar-refractivity contribution in [3.05, 3.63) is 35.9 Å². The molecule has 1 aromatic carbocycles. The molecule has 1 saturated heterocycles. The highest BCUT2D eigenvalue weighted by Gasteiger charge is 2.44. The van der Waals surface area contributed by atoms with Crippen molar-refractivity contribution >= 4 is 5.91 Å². The summed E-state index contributed by atoms with van der Waals surface area (Å²) in [7, 11) is 0. The van der Waals surface area contributed by atoms with E-state index in [2.05, 4.69) is 29.2 Å². The van der Waals surface area contributed by atoms with Crippen LogP contribution in [0, 0.1) is 17.8 Å². The van der Waals surface area contributed by atoms with Crippen LogP contribution in [0.25, 0.3) is 0 Å². The number of likely N-dealkylation sites (tertiary alicyclic amines) is 1. The SMILES string of the molecule is O=C([C@H]1[C@@H]2CCCC[C@H]2C=C[C@H]1c1ccc2c(c1)OCO2)N1CCCC1. The van der Waals surface area contributed by atoms with Gasteiger partial charge >= 0.3 is 0 Å². The van der Waals surface area contributed by atoms with Crippen molar-refractivity contribution in [2.75, 3.05) is 19.9 Å². The monoisotopic (exact) mass is 353 g/mol. The number of allylic oxidation sites excluding steroid dienone is 2. The smallest absolute Gasteiger partial charge is 0.231 e. The van der Waals surface area contributed by atoms with Gasteiger partial charge in [0, 0.05) is 19.0 Å². The minimum Gasteiger partial charge on any atom is -0.454 e. The number of benzene rings is 1. The highest BCUT2D eigenvalue weighted by Crippen LogP contribution is 2.48. The van der Waals surface area contributed by atoms with Crippen molar-refractivity contribution in [3.63, 3.8) is 0 Å². The van der Waals surface area contributed by atoms with E-state index >= 15 is 0 Å². The molecule has 1 saturated carbocycles. The van der Waals surface area contributed by atoms with Gasteiger partial charge in [-0.05, 0) is 55.2 Å². The standard InChI is InChI=1S/C22H27NO3/c24-22(23-11-3-4-12-23)21-17-6-2-1-5-15(17)7-9-18(21)16-8-10-19-20(13-16)26-14-25-19/h7-10,13,15,17-18,21H,1-6,11-12,14H2/t15-,17+,18-,21-/m0/s1. The Morgan fingerprint density at radius 3 is 2.65 bits per heavy atom. The summed E-state index contributed by atoms with van der Waals surface area (Å²) in [5.41, 5.74) is 1.19. The molecular weight excluding hydrogens is 326 g/mol. The van der Waals surface area contributed by atoms with E-state index in [0.717, 1.165) is 37.4 Å². The summed E-state index contributed by atoms with van der Waals surface area (Å²) in [6.07, 6.45) is 12.0. The van der Waals surface area contributed by atoms with Crippen molar-refractivity contribution in [2.24, 2.45) is 17.8 Å². The van der Waals surface area contributed by atoms with Crippen LogP contribution in [0.4, 0.5) is 0 Å². The number of hydrogen-bond donors (Lipinski definition) is 0. The van der Waals surface area contributed by atoms with Crippen molar-refractivity contribution in [3.8, 4) is 11.5 Å². The maximum absolute atomic E-state index is 13.5. The third-order valence-electron chi connectivity index (χ3n) is 6.77. The fourth-order valence-electron chi connectivity index (χ4n) is 5.45. The molecule has 0 unspecified atom stereocenters. The molecule has 2 heterocycles. The van der Waals surface area contributed by atoms with Crippen molar-refractivity contribution in [2.45, 2.75) is 44.4 Å². The van der Waals surface area contributed by atoms with Crippen LogP contribution in [-0.2, 0) is 4.79 Å². The van der Waals surface area contributed by atoms with Gasteiger partial charge in [-0.25, -0.2) is 0 Å². The molecular formula is C22H27NO3. The number of fused-ring (bicyclic) bond motifs is 2. The van der Waals surface area contributed by atoms with Gasteiger partial charge in [0.1, 0.15) is 0 Å². The Bertz CT molecular complexity index is 722. The quantitative estimate of drug-likeness (QED) is 0.751. The molecule has 138 valence electrons. The second-order valence-corrected chi connectivity index (χ2v) is 8.19. The Morgan fingerprint density at radius 1 is 0.962 bits per heavy atom. The topological polar surface area (TPSA) is 38.8 Å². The normalized spacial score (nSPS) is 32.5. The number of carbonyl (C=O) groups is 1. The third-order valence-corrected chi connectivity index (χ3v) is 6.77. The van der Waals surface area contributed by atoms with Crippen LogP contribution in [0.15, 0.2) is 30.4 Å². The van der Waals surface area contributed by atoms with Gasteiger partial charge in [-0.2, -0.15) is 0 Å². The summed E-state index contributed by atoms with van der Waals surface area (Å²) < 4.78 is 11.1. The predicted molar refractivity (Wildman–Crippen MR) is 99.2 cm³/mol. The first-order valence-electron chi connectivity index (χ1n) is 10.2. The summed E-state index contributed by atoms with van der Waals surface area (Å²) in [6.45, 7) is 2.16. The largest absolute Gasteiger partial charge is 0.454 e. The van der Waals surface area contributed by atoms with Gasteiger partial charge in [-0.15, -0.1) is 0 Å². The van der Waals surface area contributed by atoms with E-state index in [1.807, 2.05) is 6.07 Å². The lowest BCUT2D eigenvalue weighted by atomic mass is 9.63. The average molecular weight is 353 g/mol. The zero-order chi connectivity index (χ0) is 17.5. The first kappa shape index (κ1) is 16.2. The van der Waals surface area contributed by atoms with E-state index in [9.17, 15) is 4.79 Å². The first-order chi connectivity index (χ1) is 12.8. The predicted octanol–water partition coefficient (Wildman–Crippen LogP) is 4.11. The molecule has 4 aliphatic rings. The van der Waals surface area contributed by atoms with Gasteiger partial charge in [0.2, 0.25) is 12.7 Å². The van der Waals surface area contributed by atoms with Gasteiger partial charge in [-0.3, -0.25) is 4.79 Å². The number of amides is 1. The van der Waals surface area contributed by atoms with Crippen LogP contribution < -0.4 is 9.47 Å².